The summed E-state index contributed by atoms with van der Waals surface area (Å²) in [6, 6.07) is 6.09. The maximum atomic E-state index is 14.5. The van der Waals surface area contributed by atoms with Gasteiger partial charge in [0.2, 0.25) is 76.8 Å². The van der Waals surface area contributed by atoms with Crippen molar-refractivity contribution in [3.05, 3.63) is 102 Å². The summed E-state index contributed by atoms with van der Waals surface area (Å²) in [6.07, 6.45) is 1.18. The van der Waals surface area contributed by atoms with Crippen LogP contribution < -0.4 is 75.7 Å². The van der Waals surface area contributed by atoms with Crippen LogP contribution in [0.15, 0.2) is 85.1 Å². The SMILES string of the molecule is CSCC[C@H](NC(=O)[C@H](Cc1ccc(O)cc1)NC(=O)[C@H](CC(=O)O)NC(=O)CCOCCOCCOCCOCCC(=O)NC[C@H](N)C(=O)N[C@@H](CC(=O)O)C(=O)N[C@@H](CS)C(N)=O)C(=O)NCC(=O)N[C@@H](Cc1c[nH]c2ccccc12)C(=O)N[C@@H](CCSC)C(=O)N[C@@H](CC(=O)O)C(=O)N[C@@H](Cc1ccccc1)C(N)=O. The number of hydrogen-bond donors (Lipinski definition) is 20. The Kier molecular flexibility index (Phi) is 43.5. The normalized spacial score (nSPS) is 13.7. The minimum Gasteiger partial charge on any atom is -0.508 e. The Labute approximate surface area is 663 Å². The van der Waals surface area contributed by atoms with Gasteiger partial charge in [0.15, 0.2) is 0 Å². The number of rotatable bonds is 57. The summed E-state index contributed by atoms with van der Waals surface area (Å²) in [4.78, 5) is 212. The van der Waals surface area contributed by atoms with Gasteiger partial charge in [-0.2, -0.15) is 36.2 Å². The molecule has 0 aliphatic carbocycles. The minimum absolute atomic E-state index is 0.00353. The van der Waals surface area contributed by atoms with Crippen LogP contribution in [0.3, 0.4) is 0 Å². The maximum absolute atomic E-state index is 14.5. The number of hydrogen-bond acceptors (Lipinski definition) is 25. The average molecular weight is 1640 g/mol. The van der Waals surface area contributed by atoms with Crippen molar-refractivity contribution in [1.29, 1.82) is 0 Å². The Morgan fingerprint density at radius 2 is 0.832 bits per heavy atom. The summed E-state index contributed by atoms with van der Waals surface area (Å²) < 4.78 is 21.8. The monoisotopic (exact) mass is 1640 g/mol. The first kappa shape index (κ1) is 94.7. The number of aliphatic carboxylic acids is 3. The maximum Gasteiger partial charge on any atom is 0.305 e. The molecule has 0 fully saturated rings. The summed E-state index contributed by atoms with van der Waals surface area (Å²) in [5.41, 5.74) is 18.8. The van der Waals surface area contributed by atoms with E-state index in [2.05, 4.69) is 76.1 Å². The molecule has 620 valence electrons. The number of thiol groups is 1. The summed E-state index contributed by atoms with van der Waals surface area (Å²) in [6.45, 7) is -0.895. The lowest BCUT2D eigenvalue weighted by Gasteiger charge is -2.26. The molecule has 0 saturated heterocycles. The Hall–Kier alpha value is -10.6. The number of para-hydroxylation sites is 1. The smallest absolute Gasteiger partial charge is 0.305 e. The molecule has 0 saturated carbocycles. The average Bonchev–Trinajstić information content (AvgIpc) is 1.67. The molecule has 42 heteroatoms. The molecule has 1 heterocycles. The van der Waals surface area contributed by atoms with Gasteiger partial charge < -0.3 is 120 Å². The second-order valence-electron chi connectivity index (χ2n) is 25.2. The zero-order valence-corrected chi connectivity index (χ0v) is 64.6. The van der Waals surface area contributed by atoms with E-state index in [1.165, 1.54) is 47.8 Å². The number of thioether (sulfide) groups is 2. The van der Waals surface area contributed by atoms with Crippen LogP contribution in [0.1, 0.15) is 61.6 Å². The van der Waals surface area contributed by atoms with Crippen molar-refractivity contribution in [2.75, 3.05) is 95.7 Å². The van der Waals surface area contributed by atoms with Crippen LogP contribution in [-0.4, -0.2) is 276 Å². The van der Waals surface area contributed by atoms with E-state index in [-0.39, 0.29) is 127 Å². The van der Waals surface area contributed by atoms with Gasteiger partial charge in [-0.05, 0) is 71.7 Å². The third-order valence-electron chi connectivity index (χ3n) is 16.4. The number of benzene rings is 3. The summed E-state index contributed by atoms with van der Waals surface area (Å²) >= 11 is 6.49. The van der Waals surface area contributed by atoms with E-state index in [9.17, 15) is 97.1 Å². The molecule has 0 radical (unpaired) electrons. The minimum atomic E-state index is -1.76. The Morgan fingerprint density at radius 3 is 1.35 bits per heavy atom. The lowest BCUT2D eigenvalue weighted by atomic mass is 10.0. The van der Waals surface area contributed by atoms with Crippen LogP contribution in [0.25, 0.3) is 10.9 Å². The highest BCUT2D eigenvalue weighted by atomic mass is 32.2. The second-order valence-corrected chi connectivity index (χ2v) is 27.6. The number of aromatic amines is 1. The van der Waals surface area contributed by atoms with Gasteiger partial charge in [0, 0.05) is 61.5 Å². The molecular weight excluding hydrogens is 1540 g/mol. The molecule has 0 unspecified atom stereocenters. The van der Waals surface area contributed by atoms with Crippen molar-refractivity contribution in [3.63, 3.8) is 0 Å². The van der Waals surface area contributed by atoms with E-state index in [4.69, 9.17) is 36.1 Å². The number of H-pyrrole nitrogens is 1. The molecule has 0 aliphatic heterocycles. The van der Waals surface area contributed by atoms with Crippen molar-refractivity contribution >= 4 is 142 Å². The molecule has 0 bridgehead atoms. The van der Waals surface area contributed by atoms with Gasteiger partial charge in [0.05, 0.1) is 78.7 Å². The number of aromatic hydroxyl groups is 1. The first-order chi connectivity index (χ1) is 53.9. The van der Waals surface area contributed by atoms with Crippen LogP contribution in [-0.2, 0) is 115 Å². The molecule has 10 atom stereocenters. The van der Waals surface area contributed by atoms with Crippen molar-refractivity contribution in [2.24, 2.45) is 17.2 Å². The highest BCUT2D eigenvalue weighted by Crippen LogP contribution is 2.20. The Morgan fingerprint density at radius 1 is 0.434 bits per heavy atom. The van der Waals surface area contributed by atoms with Crippen molar-refractivity contribution in [2.45, 2.75) is 125 Å². The molecule has 22 N–H and O–H groups in total. The highest BCUT2D eigenvalue weighted by Gasteiger charge is 2.36. The number of nitrogens with two attached hydrogens (primary N) is 3. The van der Waals surface area contributed by atoms with E-state index < -0.39 is 181 Å². The number of primary amides is 2. The number of aromatic nitrogens is 1. The van der Waals surface area contributed by atoms with E-state index >= 15 is 0 Å². The van der Waals surface area contributed by atoms with Gasteiger partial charge in [-0.15, -0.1) is 0 Å². The third kappa shape index (κ3) is 37.0. The zero-order valence-electron chi connectivity index (χ0n) is 62.1. The van der Waals surface area contributed by atoms with Gasteiger partial charge >= 0.3 is 17.9 Å². The number of nitrogens with one attached hydrogen (secondary N) is 12. The number of carbonyl (C=O) groups excluding carboxylic acids is 13. The predicted molar refractivity (Wildman–Crippen MR) is 413 cm³/mol. The molecule has 113 heavy (non-hydrogen) atoms. The molecule has 1 aromatic heterocycles. The molecule has 0 aliphatic rings. The molecule has 13 amide bonds. The van der Waals surface area contributed by atoms with Crippen LogP contribution in [0.5, 0.6) is 5.75 Å². The van der Waals surface area contributed by atoms with E-state index in [0.717, 1.165) is 0 Å². The first-order valence-electron chi connectivity index (χ1n) is 35.4. The summed E-state index contributed by atoms with van der Waals surface area (Å²) in [5, 5.41) is 66.3. The number of phenolic OH excluding ortho intramolecular Hbond substituents is 1. The third-order valence-corrected chi connectivity index (χ3v) is 18.1. The summed E-state index contributed by atoms with van der Waals surface area (Å²) in [5.74, 6) is -16.3. The highest BCUT2D eigenvalue weighted by molar-refractivity contribution is 7.98. The fourth-order valence-corrected chi connectivity index (χ4v) is 11.7. The number of carboxylic acid groups (broad SMARTS) is 3. The fourth-order valence-electron chi connectivity index (χ4n) is 10.5. The van der Waals surface area contributed by atoms with E-state index in [1.54, 1.807) is 73.3 Å². The van der Waals surface area contributed by atoms with Gasteiger partial charge in [0.25, 0.3) is 0 Å². The second kappa shape index (κ2) is 51.8. The number of carbonyl (C=O) groups is 16. The van der Waals surface area contributed by atoms with Crippen LogP contribution in [0, 0.1) is 0 Å². The number of amides is 13. The Bertz CT molecular complexity index is 3850. The van der Waals surface area contributed by atoms with Crippen LogP contribution in [0.2, 0.25) is 0 Å². The van der Waals surface area contributed by atoms with Crippen molar-refractivity contribution in [1.82, 2.24) is 63.5 Å². The first-order valence-corrected chi connectivity index (χ1v) is 38.9. The van der Waals surface area contributed by atoms with Crippen molar-refractivity contribution in [3.8, 4) is 5.75 Å². The molecule has 39 nitrogen and oxygen atoms in total. The molecular formula is C71H99N15O24S3. The number of carboxylic acids is 3. The molecule has 0 spiro atoms. The van der Waals surface area contributed by atoms with Crippen molar-refractivity contribution < 1.29 is 116 Å². The standard InChI is InChI=1S/C71H99N15O24S3/c1-112-28-18-47(65(100)77-38-58(90)79-51(32-42-36-75-46-11-7-6-10-44(42)46)68(103)81-48(19-29-113-2)66(101)85-54(35-61(95)96)70(105)82-49(62(73)97)30-40-8-4-3-5-9-40)80-67(102)50(31-41-12-14-43(87)15-13-41)84-69(104)52(33-59(91)92)78-57(89)17-21-108-23-25-110-27-26-109-24-22-107-20-16-56(88)76-37-45(72)64(99)83-53(34-60(93)94)71(106)86-55(39-111)63(74)98/h3-15,36,45,47-55,75,87,111H,16-35,37-39,72H2,1-2H3,(H2,73,97)(H2,74,98)(H,76,88)(H,77,100)(H,78,89)(H,79,90)(H,80,102)(H,81,103)(H,82,105)(H,83,99)(H,84,104)(H,85,101)(H,86,106)(H,91,92)(H,93,94)(H,95,96)/t45-,47-,48-,49-,50-,51-,52-,53-,54-,55-/m0/s1. The van der Waals surface area contributed by atoms with E-state index in [1.807, 2.05) is 0 Å². The molecule has 4 aromatic rings. The van der Waals surface area contributed by atoms with Crippen LogP contribution >= 0.6 is 36.2 Å². The van der Waals surface area contributed by atoms with Gasteiger partial charge in [-0.3, -0.25) is 76.7 Å². The Balaban J connectivity index is 1.31. The molecule has 4 rings (SSSR count). The topological polar surface area (TPSA) is 617 Å². The van der Waals surface area contributed by atoms with E-state index in [0.29, 0.717) is 27.6 Å². The number of phenols is 1. The van der Waals surface area contributed by atoms with Gasteiger partial charge in [-0.25, -0.2) is 0 Å². The quantitative estimate of drug-likeness (QED) is 0.0146. The van der Waals surface area contributed by atoms with Gasteiger partial charge in [-0.1, -0.05) is 60.7 Å². The summed E-state index contributed by atoms with van der Waals surface area (Å²) in [7, 11) is 0. The number of fused-ring (bicyclic) bond motifs is 1. The fraction of sp³-hybridized carbons (Fsp3) is 0.493. The van der Waals surface area contributed by atoms with Gasteiger partial charge in [0.1, 0.15) is 66.2 Å². The zero-order chi connectivity index (χ0) is 83.4. The predicted octanol–water partition coefficient (Wildman–Crippen LogP) is -4.50. The van der Waals surface area contributed by atoms with Crippen LogP contribution in [0.4, 0.5) is 0 Å². The largest absolute Gasteiger partial charge is 0.508 e. The molecule has 3 aromatic carbocycles. The number of ether oxygens (including phenoxy) is 4. The lowest BCUT2D eigenvalue weighted by Crippen LogP contribution is -2.59. The lowest BCUT2D eigenvalue weighted by molar-refractivity contribution is -0.142.